The van der Waals surface area contributed by atoms with Gasteiger partial charge in [0.1, 0.15) is 4.90 Å². The molecule has 1 amide bonds. The molecule has 0 aliphatic heterocycles. The lowest BCUT2D eigenvalue weighted by atomic mass is 9.74. The SMILES string of the molecule is Cc1cc([C@H]2CC[C@@H]([C@@H](C)C(=O)Nc3ccc(S(F)(F)(F)(F)F)cc3)CC2)ccn1. The molecular formula is C21H25F5N2OS. The molecule has 1 aliphatic carbocycles. The Bertz CT molecular complexity index is 923. The number of anilines is 1. The molecule has 0 unspecified atom stereocenters. The smallest absolute Gasteiger partial charge is 0.310 e. The van der Waals surface area contributed by atoms with Gasteiger partial charge in [-0.3, -0.25) is 9.78 Å². The van der Waals surface area contributed by atoms with Crippen molar-refractivity contribution in [1.29, 1.82) is 0 Å². The first-order valence-corrected chi connectivity index (χ1v) is 11.8. The zero-order valence-electron chi connectivity index (χ0n) is 16.8. The van der Waals surface area contributed by atoms with Gasteiger partial charge in [0, 0.05) is 23.5 Å². The fourth-order valence-electron chi connectivity index (χ4n) is 4.04. The molecule has 1 saturated carbocycles. The highest BCUT2D eigenvalue weighted by Crippen LogP contribution is 3.02. The molecule has 1 aliphatic rings. The molecule has 0 saturated heterocycles. The molecule has 30 heavy (non-hydrogen) atoms. The number of nitrogens with one attached hydrogen (secondary N) is 1. The summed E-state index contributed by atoms with van der Waals surface area (Å²) in [4.78, 5) is 14.8. The molecular weight excluding hydrogens is 423 g/mol. The monoisotopic (exact) mass is 448 g/mol. The van der Waals surface area contributed by atoms with Gasteiger partial charge < -0.3 is 5.32 Å². The number of aryl methyl sites for hydroxylation is 1. The van der Waals surface area contributed by atoms with E-state index in [2.05, 4.69) is 16.4 Å². The summed E-state index contributed by atoms with van der Waals surface area (Å²) in [6.45, 7) is 3.74. The summed E-state index contributed by atoms with van der Waals surface area (Å²) in [5, 5.41) is 2.55. The van der Waals surface area contributed by atoms with E-state index >= 15 is 0 Å². The predicted molar refractivity (Wildman–Crippen MR) is 109 cm³/mol. The van der Waals surface area contributed by atoms with E-state index in [0.29, 0.717) is 18.1 Å². The van der Waals surface area contributed by atoms with Crippen LogP contribution in [0.25, 0.3) is 0 Å². The van der Waals surface area contributed by atoms with Crippen molar-refractivity contribution in [1.82, 2.24) is 4.98 Å². The minimum atomic E-state index is -9.71. The van der Waals surface area contributed by atoms with E-state index in [-0.39, 0.29) is 23.4 Å². The summed E-state index contributed by atoms with van der Waals surface area (Å²) >= 11 is 0. The van der Waals surface area contributed by atoms with Crippen LogP contribution in [0.15, 0.2) is 47.5 Å². The minimum Gasteiger partial charge on any atom is -0.326 e. The molecule has 1 atom stereocenters. The molecule has 1 heterocycles. The van der Waals surface area contributed by atoms with Gasteiger partial charge in [0.25, 0.3) is 0 Å². The topological polar surface area (TPSA) is 42.0 Å². The summed E-state index contributed by atoms with van der Waals surface area (Å²) in [7, 11) is -9.71. The van der Waals surface area contributed by atoms with E-state index in [1.54, 1.807) is 13.1 Å². The third-order valence-corrected chi connectivity index (χ3v) is 7.01. The summed E-state index contributed by atoms with van der Waals surface area (Å²) in [6.07, 6.45) is 5.43. The predicted octanol–water partition coefficient (Wildman–Crippen LogP) is 7.60. The van der Waals surface area contributed by atoms with Gasteiger partial charge in [-0.1, -0.05) is 26.4 Å². The van der Waals surface area contributed by atoms with Crippen LogP contribution in [0.3, 0.4) is 0 Å². The van der Waals surface area contributed by atoms with Gasteiger partial charge >= 0.3 is 10.2 Å². The van der Waals surface area contributed by atoms with Crippen molar-refractivity contribution < 1.29 is 24.2 Å². The molecule has 166 valence electrons. The lowest BCUT2D eigenvalue weighted by Crippen LogP contribution is -2.29. The molecule has 1 N–H and O–H groups in total. The van der Waals surface area contributed by atoms with Crippen LogP contribution < -0.4 is 5.32 Å². The standard InChI is InChI=1S/C21H25F5N2OS/c1-14-13-18(11-12-27-14)17-5-3-16(4-6-17)15(2)21(29)28-19-7-9-20(10-8-19)30(22,23,24,25)26/h7-13,15-17H,3-6H2,1-2H3,(H,28,29)/t15-,16-,17+/m1/s1. The van der Waals surface area contributed by atoms with Crippen molar-refractivity contribution in [2.45, 2.75) is 50.3 Å². The second-order valence-electron chi connectivity index (χ2n) is 8.11. The Labute approximate surface area is 172 Å². The van der Waals surface area contributed by atoms with Crippen molar-refractivity contribution >= 4 is 21.8 Å². The number of nitrogens with zero attached hydrogens (tertiary/aromatic N) is 1. The molecule has 0 radical (unpaired) electrons. The van der Waals surface area contributed by atoms with Crippen molar-refractivity contribution in [2.24, 2.45) is 11.8 Å². The van der Waals surface area contributed by atoms with Crippen LogP contribution in [0.5, 0.6) is 0 Å². The molecule has 9 heteroatoms. The Kier molecular flexibility index (Phi) is 5.42. The van der Waals surface area contributed by atoms with Crippen molar-refractivity contribution in [3.05, 3.63) is 53.9 Å². The maximum Gasteiger partial charge on any atom is 0.310 e. The third kappa shape index (κ3) is 5.50. The highest BCUT2D eigenvalue weighted by atomic mass is 32.5. The van der Waals surface area contributed by atoms with Gasteiger partial charge in [-0.25, -0.2) is 0 Å². The van der Waals surface area contributed by atoms with E-state index in [1.165, 1.54) is 5.56 Å². The zero-order chi connectivity index (χ0) is 22.2. The van der Waals surface area contributed by atoms with Crippen LogP contribution >= 0.6 is 10.2 Å². The maximum atomic E-state index is 12.8. The van der Waals surface area contributed by atoms with Crippen molar-refractivity contribution in [2.75, 3.05) is 5.32 Å². The number of halogens is 5. The first kappa shape index (κ1) is 22.5. The number of pyridine rings is 1. The fourth-order valence-corrected chi connectivity index (χ4v) is 4.69. The number of carbonyl (C=O) groups is 1. The molecule has 1 aromatic heterocycles. The molecule has 1 fully saturated rings. The van der Waals surface area contributed by atoms with Gasteiger partial charge in [-0.15, -0.1) is 0 Å². The van der Waals surface area contributed by atoms with Crippen LogP contribution in [0.2, 0.25) is 0 Å². The second-order valence-corrected chi connectivity index (χ2v) is 10.5. The normalized spacial score (nSPS) is 23.2. The van der Waals surface area contributed by atoms with E-state index in [9.17, 15) is 24.2 Å². The van der Waals surface area contributed by atoms with Gasteiger partial charge in [0.15, 0.2) is 0 Å². The van der Waals surface area contributed by atoms with Gasteiger partial charge in [-0.05, 0) is 86.4 Å². The highest BCUT2D eigenvalue weighted by Gasteiger charge is 2.65. The number of rotatable bonds is 5. The molecule has 3 rings (SSSR count). The second kappa shape index (κ2) is 7.21. The maximum absolute atomic E-state index is 12.8. The molecule has 1 aromatic carbocycles. The molecule has 0 bridgehead atoms. The van der Waals surface area contributed by atoms with Gasteiger partial charge in [0.2, 0.25) is 5.91 Å². The number of carbonyl (C=O) groups excluding carboxylic acids is 1. The summed E-state index contributed by atoms with van der Waals surface area (Å²) in [5.41, 5.74) is 2.29. The Hall–Kier alpha value is -2.16. The van der Waals surface area contributed by atoms with Crippen molar-refractivity contribution in [3.8, 4) is 0 Å². The molecule has 0 spiro atoms. The summed E-state index contributed by atoms with van der Waals surface area (Å²) < 4.78 is 64.0. The fraction of sp³-hybridized carbons (Fsp3) is 0.429. The van der Waals surface area contributed by atoms with Gasteiger partial charge in [-0.2, -0.15) is 0 Å². The van der Waals surface area contributed by atoms with Gasteiger partial charge in [0.05, 0.1) is 0 Å². The van der Waals surface area contributed by atoms with Crippen LogP contribution in [-0.4, -0.2) is 10.9 Å². The van der Waals surface area contributed by atoms with E-state index in [1.807, 2.05) is 13.0 Å². The molecule has 2 aromatic rings. The Morgan fingerprint density at radius 2 is 1.63 bits per heavy atom. The van der Waals surface area contributed by atoms with Crippen molar-refractivity contribution in [3.63, 3.8) is 0 Å². The van der Waals surface area contributed by atoms with E-state index in [0.717, 1.165) is 43.5 Å². The van der Waals surface area contributed by atoms with E-state index < -0.39 is 15.1 Å². The van der Waals surface area contributed by atoms with E-state index in [4.69, 9.17) is 0 Å². The lowest BCUT2D eigenvalue weighted by Gasteiger charge is -2.40. The third-order valence-electron chi connectivity index (χ3n) is 5.85. The Morgan fingerprint density at radius 3 is 2.17 bits per heavy atom. The zero-order valence-corrected chi connectivity index (χ0v) is 17.6. The summed E-state index contributed by atoms with van der Waals surface area (Å²) in [6, 6.07) is 6.44. The van der Waals surface area contributed by atoms with Crippen LogP contribution in [-0.2, 0) is 4.79 Å². The largest absolute Gasteiger partial charge is 0.326 e. The number of amides is 1. The van der Waals surface area contributed by atoms with Crippen LogP contribution in [0.1, 0.15) is 49.8 Å². The average Bonchev–Trinajstić information content (AvgIpc) is 2.66. The minimum absolute atomic E-state index is 0.0680. The Morgan fingerprint density at radius 1 is 1.03 bits per heavy atom. The molecule has 3 nitrogen and oxygen atoms in total. The van der Waals surface area contributed by atoms with Crippen LogP contribution in [0.4, 0.5) is 25.1 Å². The number of benzene rings is 1. The first-order valence-electron chi connectivity index (χ1n) is 9.80. The lowest BCUT2D eigenvalue weighted by molar-refractivity contribution is -0.121. The number of hydrogen-bond acceptors (Lipinski definition) is 2. The van der Waals surface area contributed by atoms with Crippen LogP contribution in [0, 0.1) is 18.8 Å². The first-order chi connectivity index (χ1) is 13.7. The highest BCUT2D eigenvalue weighted by molar-refractivity contribution is 8.45. The average molecular weight is 449 g/mol. The Balaban J connectivity index is 1.58. The quantitative estimate of drug-likeness (QED) is 0.479. The number of hydrogen-bond donors (Lipinski definition) is 1. The number of aromatic nitrogens is 1. The summed E-state index contributed by atoms with van der Waals surface area (Å²) in [5.74, 6) is -0.0652.